The summed E-state index contributed by atoms with van der Waals surface area (Å²) in [5, 5.41) is 4.62. The molecular formula is C15H21ClN2. The van der Waals surface area contributed by atoms with Crippen molar-refractivity contribution in [3.63, 3.8) is 0 Å². The molecule has 1 aliphatic carbocycles. The molecule has 18 heavy (non-hydrogen) atoms. The molecule has 1 aromatic rings. The number of likely N-dealkylation sites (tertiary alicyclic amines) is 1. The van der Waals surface area contributed by atoms with Crippen LogP contribution in [0.3, 0.4) is 0 Å². The lowest BCUT2D eigenvalue weighted by Crippen LogP contribution is -2.47. The van der Waals surface area contributed by atoms with E-state index in [0.29, 0.717) is 12.0 Å². The van der Waals surface area contributed by atoms with Gasteiger partial charge in [-0.2, -0.15) is 0 Å². The molecule has 2 fully saturated rings. The minimum absolute atomic E-state index is 0.610. The quantitative estimate of drug-likeness (QED) is 0.903. The molecule has 0 bridgehead atoms. The first-order valence-corrected chi connectivity index (χ1v) is 7.28. The maximum Gasteiger partial charge on any atom is 0.0408 e. The molecule has 2 nitrogen and oxygen atoms in total. The van der Waals surface area contributed by atoms with E-state index < -0.39 is 0 Å². The minimum atomic E-state index is 0.610. The van der Waals surface area contributed by atoms with Gasteiger partial charge in [0.15, 0.2) is 0 Å². The lowest BCUT2D eigenvalue weighted by atomic mass is 9.88. The summed E-state index contributed by atoms with van der Waals surface area (Å²) in [6, 6.07) is 9.79. The molecule has 98 valence electrons. The Morgan fingerprint density at radius 1 is 1.22 bits per heavy atom. The molecular weight excluding hydrogens is 244 g/mol. The molecule has 0 radical (unpaired) electrons. The molecule has 3 rings (SSSR count). The molecule has 2 atom stereocenters. The highest BCUT2D eigenvalue weighted by atomic mass is 35.5. The van der Waals surface area contributed by atoms with Gasteiger partial charge in [-0.3, -0.25) is 0 Å². The molecule has 2 aliphatic rings. The van der Waals surface area contributed by atoms with Crippen LogP contribution < -0.4 is 5.32 Å². The van der Waals surface area contributed by atoms with Crippen LogP contribution >= 0.6 is 11.6 Å². The summed E-state index contributed by atoms with van der Waals surface area (Å²) in [6.45, 7) is 2.32. The molecule has 1 aromatic carbocycles. The second-order valence-electron chi connectivity index (χ2n) is 5.85. The molecule has 1 saturated heterocycles. The summed E-state index contributed by atoms with van der Waals surface area (Å²) in [5.41, 5.74) is 1.39. The zero-order valence-electron chi connectivity index (χ0n) is 10.9. The van der Waals surface area contributed by atoms with Crippen molar-refractivity contribution in [1.29, 1.82) is 0 Å². The third-order valence-electron chi connectivity index (χ3n) is 4.00. The summed E-state index contributed by atoms with van der Waals surface area (Å²) in [5.74, 6) is 0.610. The van der Waals surface area contributed by atoms with E-state index in [4.69, 9.17) is 11.6 Å². The van der Waals surface area contributed by atoms with Crippen LogP contribution in [-0.4, -0.2) is 37.1 Å². The third kappa shape index (κ3) is 3.05. The van der Waals surface area contributed by atoms with Crippen molar-refractivity contribution in [1.82, 2.24) is 10.2 Å². The maximum absolute atomic E-state index is 6.10. The number of benzene rings is 1. The van der Waals surface area contributed by atoms with Gasteiger partial charge in [0, 0.05) is 30.2 Å². The van der Waals surface area contributed by atoms with E-state index in [1.165, 1.54) is 31.4 Å². The van der Waals surface area contributed by atoms with Gasteiger partial charge in [-0.15, -0.1) is 0 Å². The SMILES string of the molecule is CN1CC(NC2CC2)CC(c2cccc(Cl)c2)C1. The average Bonchev–Trinajstić information content (AvgIpc) is 3.12. The Labute approximate surface area is 114 Å². The Bertz CT molecular complexity index is 415. The van der Waals surface area contributed by atoms with Crippen LogP contribution in [0.25, 0.3) is 0 Å². The van der Waals surface area contributed by atoms with E-state index in [9.17, 15) is 0 Å². The van der Waals surface area contributed by atoms with Gasteiger partial charge in [0.05, 0.1) is 0 Å². The predicted molar refractivity (Wildman–Crippen MR) is 76.3 cm³/mol. The first-order chi connectivity index (χ1) is 8.70. The minimum Gasteiger partial charge on any atom is -0.310 e. The first kappa shape index (κ1) is 12.5. The standard InChI is InChI=1S/C15H21ClN2/c1-18-9-12(11-3-2-4-13(16)7-11)8-15(10-18)17-14-5-6-14/h2-4,7,12,14-15,17H,5-6,8-10H2,1H3. The first-order valence-electron chi connectivity index (χ1n) is 6.91. The highest BCUT2D eigenvalue weighted by molar-refractivity contribution is 6.30. The van der Waals surface area contributed by atoms with Gasteiger partial charge in [0.2, 0.25) is 0 Å². The lowest BCUT2D eigenvalue weighted by molar-refractivity contribution is 0.203. The Balaban J connectivity index is 1.70. The van der Waals surface area contributed by atoms with Crippen molar-refractivity contribution in [3.8, 4) is 0 Å². The summed E-state index contributed by atoms with van der Waals surface area (Å²) in [7, 11) is 2.22. The molecule has 3 heteroatoms. The summed E-state index contributed by atoms with van der Waals surface area (Å²) in [6.07, 6.45) is 3.96. The molecule has 1 N–H and O–H groups in total. The third-order valence-corrected chi connectivity index (χ3v) is 4.24. The zero-order valence-corrected chi connectivity index (χ0v) is 11.7. The monoisotopic (exact) mass is 264 g/mol. The highest BCUT2D eigenvalue weighted by Crippen LogP contribution is 2.30. The number of nitrogens with zero attached hydrogens (tertiary/aromatic N) is 1. The number of hydrogen-bond acceptors (Lipinski definition) is 2. The van der Waals surface area contributed by atoms with Crippen LogP contribution in [-0.2, 0) is 0 Å². The molecule has 0 spiro atoms. The molecule has 1 saturated carbocycles. The van der Waals surface area contributed by atoms with Gasteiger partial charge in [0.1, 0.15) is 0 Å². The Kier molecular flexibility index (Phi) is 3.60. The van der Waals surface area contributed by atoms with Crippen molar-refractivity contribution >= 4 is 11.6 Å². The number of halogens is 1. The van der Waals surface area contributed by atoms with Crippen molar-refractivity contribution in [3.05, 3.63) is 34.9 Å². The topological polar surface area (TPSA) is 15.3 Å². The zero-order chi connectivity index (χ0) is 12.5. The van der Waals surface area contributed by atoms with Crippen molar-refractivity contribution in [2.24, 2.45) is 0 Å². The van der Waals surface area contributed by atoms with Crippen molar-refractivity contribution < 1.29 is 0 Å². The largest absolute Gasteiger partial charge is 0.310 e. The number of likely N-dealkylation sites (N-methyl/N-ethyl adjacent to an activating group) is 1. The van der Waals surface area contributed by atoms with Gasteiger partial charge in [-0.1, -0.05) is 23.7 Å². The van der Waals surface area contributed by atoms with Gasteiger partial charge >= 0.3 is 0 Å². The van der Waals surface area contributed by atoms with Crippen LogP contribution in [0, 0.1) is 0 Å². The molecule has 2 unspecified atom stereocenters. The summed E-state index contributed by atoms with van der Waals surface area (Å²) >= 11 is 6.10. The van der Waals surface area contributed by atoms with Crippen molar-refractivity contribution in [2.75, 3.05) is 20.1 Å². The van der Waals surface area contributed by atoms with Gasteiger partial charge in [0.25, 0.3) is 0 Å². The molecule has 0 aromatic heterocycles. The molecule has 1 aliphatic heterocycles. The van der Waals surface area contributed by atoms with E-state index in [0.717, 1.165) is 17.6 Å². The van der Waals surface area contributed by atoms with Crippen LogP contribution in [0.2, 0.25) is 5.02 Å². The maximum atomic E-state index is 6.10. The van der Waals surface area contributed by atoms with Gasteiger partial charge in [-0.05, 0) is 49.9 Å². The Morgan fingerprint density at radius 3 is 2.78 bits per heavy atom. The van der Waals surface area contributed by atoms with Crippen LogP contribution in [0.5, 0.6) is 0 Å². The Morgan fingerprint density at radius 2 is 2.06 bits per heavy atom. The second kappa shape index (κ2) is 5.20. The van der Waals surface area contributed by atoms with E-state index in [2.05, 4.69) is 35.5 Å². The number of rotatable bonds is 3. The van der Waals surface area contributed by atoms with Gasteiger partial charge < -0.3 is 10.2 Å². The van der Waals surface area contributed by atoms with Crippen LogP contribution in [0.15, 0.2) is 24.3 Å². The van der Waals surface area contributed by atoms with E-state index >= 15 is 0 Å². The van der Waals surface area contributed by atoms with Gasteiger partial charge in [-0.25, -0.2) is 0 Å². The van der Waals surface area contributed by atoms with E-state index in [1.54, 1.807) is 0 Å². The normalized spacial score (nSPS) is 29.4. The smallest absolute Gasteiger partial charge is 0.0408 e. The second-order valence-corrected chi connectivity index (χ2v) is 6.28. The molecule has 0 amide bonds. The number of hydrogen-bond donors (Lipinski definition) is 1. The highest BCUT2D eigenvalue weighted by Gasteiger charge is 2.30. The fourth-order valence-electron chi connectivity index (χ4n) is 3.03. The van der Waals surface area contributed by atoms with Crippen LogP contribution in [0.4, 0.5) is 0 Å². The lowest BCUT2D eigenvalue weighted by Gasteiger charge is -2.36. The van der Waals surface area contributed by atoms with E-state index in [1.807, 2.05) is 6.07 Å². The molecule has 1 heterocycles. The van der Waals surface area contributed by atoms with Crippen LogP contribution in [0.1, 0.15) is 30.7 Å². The fraction of sp³-hybridized carbons (Fsp3) is 0.600. The fourth-order valence-corrected chi connectivity index (χ4v) is 3.22. The van der Waals surface area contributed by atoms with Crippen molar-refractivity contribution in [2.45, 2.75) is 37.3 Å². The number of piperidine rings is 1. The summed E-state index contributed by atoms with van der Waals surface area (Å²) < 4.78 is 0. The number of nitrogens with one attached hydrogen (secondary N) is 1. The predicted octanol–water partition coefficient (Wildman–Crippen LogP) is 2.88. The summed E-state index contributed by atoms with van der Waals surface area (Å²) in [4.78, 5) is 2.44. The Hall–Kier alpha value is -0.570. The van der Waals surface area contributed by atoms with E-state index in [-0.39, 0.29) is 0 Å². The average molecular weight is 265 g/mol.